The fraction of sp³-hybridized carbons (Fsp3) is 0.500. The van der Waals surface area contributed by atoms with Crippen molar-refractivity contribution < 1.29 is 13.2 Å². The minimum absolute atomic E-state index is 0.0502. The molecule has 1 fully saturated rings. The number of nitrogens with zero attached hydrogens (tertiary/aromatic N) is 4. The molecule has 0 saturated heterocycles. The summed E-state index contributed by atoms with van der Waals surface area (Å²) in [7, 11) is 1.37. The van der Waals surface area contributed by atoms with Gasteiger partial charge in [0.2, 0.25) is 5.95 Å². The van der Waals surface area contributed by atoms with Crippen molar-refractivity contribution in [3.63, 3.8) is 0 Å². The highest BCUT2D eigenvalue weighted by Gasteiger charge is 2.36. The molecule has 138 valence electrons. The van der Waals surface area contributed by atoms with Gasteiger partial charge in [-0.05, 0) is 26.7 Å². The van der Waals surface area contributed by atoms with Gasteiger partial charge in [0.15, 0.2) is 0 Å². The van der Waals surface area contributed by atoms with E-state index >= 15 is 0 Å². The molecule has 1 aliphatic carbocycles. The molecule has 1 saturated carbocycles. The molecular formula is C16H17F3N6S. The van der Waals surface area contributed by atoms with Gasteiger partial charge in [0.1, 0.15) is 26.8 Å². The molecule has 10 heteroatoms. The van der Waals surface area contributed by atoms with Crippen molar-refractivity contribution >= 4 is 28.1 Å². The van der Waals surface area contributed by atoms with E-state index in [2.05, 4.69) is 31.7 Å². The molecule has 1 aliphatic rings. The van der Waals surface area contributed by atoms with Crippen LogP contribution in [0.15, 0.2) is 6.20 Å². The third kappa shape index (κ3) is 3.58. The van der Waals surface area contributed by atoms with Crippen LogP contribution in [0.5, 0.6) is 0 Å². The molecule has 2 heterocycles. The first-order valence-corrected chi connectivity index (χ1v) is 8.79. The summed E-state index contributed by atoms with van der Waals surface area (Å²) in [6.45, 7) is 3.56. The summed E-state index contributed by atoms with van der Waals surface area (Å²) in [5.41, 5.74) is -0.850. The zero-order valence-electron chi connectivity index (χ0n) is 14.4. The Morgan fingerprint density at radius 3 is 2.50 bits per heavy atom. The summed E-state index contributed by atoms with van der Waals surface area (Å²) in [6, 6.07) is 2.22. The van der Waals surface area contributed by atoms with Gasteiger partial charge in [-0.1, -0.05) is 11.3 Å². The molecule has 3 rings (SSSR count). The van der Waals surface area contributed by atoms with Crippen LogP contribution in [0.3, 0.4) is 0 Å². The molecule has 26 heavy (non-hydrogen) atoms. The molecule has 2 aromatic heterocycles. The van der Waals surface area contributed by atoms with Crippen LogP contribution >= 0.6 is 11.3 Å². The summed E-state index contributed by atoms with van der Waals surface area (Å²) in [4.78, 5) is 12.3. The van der Waals surface area contributed by atoms with Gasteiger partial charge in [-0.2, -0.15) is 23.4 Å². The Labute approximate surface area is 152 Å². The third-order valence-electron chi connectivity index (χ3n) is 3.99. The Morgan fingerprint density at radius 1 is 1.27 bits per heavy atom. The normalized spacial score (nSPS) is 14.8. The van der Waals surface area contributed by atoms with Crippen LogP contribution in [0.25, 0.3) is 0 Å². The van der Waals surface area contributed by atoms with Crippen molar-refractivity contribution in [1.29, 1.82) is 5.26 Å². The highest BCUT2D eigenvalue weighted by atomic mass is 32.1. The number of nitrogens with one attached hydrogen (secondary N) is 2. The van der Waals surface area contributed by atoms with E-state index in [-0.39, 0.29) is 11.8 Å². The Hall–Kier alpha value is -2.41. The zero-order valence-corrected chi connectivity index (χ0v) is 15.2. The van der Waals surface area contributed by atoms with Crippen molar-refractivity contribution in [3.8, 4) is 6.07 Å². The third-order valence-corrected chi connectivity index (χ3v) is 5.30. The number of nitriles is 1. The molecule has 0 radical (unpaired) electrons. The lowest BCUT2D eigenvalue weighted by Gasteiger charge is -2.12. The van der Waals surface area contributed by atoms with E-state index in [0.29, 0.717) is 15.9 Å². The fourth-order valence-electron chi connectivity index (χ4n) is 2.31. The largest absolute Gasteiger partial charge is 0.421 e. The van der Waals surface area contributed by atoms with Crippen molar-refractivity contribution in [2.75, 3.05) is 17.7 Å². The fourth-order valence-corrected chi connectivity index (χ4v) is 3.41. The quantitative estimate of drug-likeness (QED) is 0.796. The van der Waals surface area contributed by atoms with Crippen molar-refractivity contribution in [2.24, 2.45) is 0 Å². The minimum Gasteiger partial charge on any atom is -0.372 e. The van der Waals surface area contributed by atoms with Gasteiger partial charge < -0.3 is 10.6 Å². The second-order valence-electron chi connectivity index (χ2n) is 6.57. The molecule has 0 aliphatic heterocycles. The zero-order chi connectivity index (χ0) is 19.1. The van der Waals surface area contributed by atoms with Crippen LogP contribution in [-0.2, 0) is 11.6 Å². The topological polar surface area (TPSA) is 86.5 Å². The molecule has 2 N–H and O–H groups in total. The predicted octanol–water partition coefficient (Wildman–Crippen LogP) is 4.42. The van der Waals surface area contributed by atoms with E-state index in [9.17, 15) is 18.4 Å². The molecule has 0 atom stereocenters. The Bertz CT molecular complexity index is 864. The van der Waals surface area contributed by atoms with E-state index in [1.165, 1.54) is 18.4 Å². The predicted molar refractivity (Wildman–Crippen MR) is 92.6 cm³/mol. The SMILES string of the molecule is CNc1nc(Nc2sc(C(C)(C)C#N)nc2C2CC2)ncc1C(F)(F)F. The number of alkyl halides is 3. The monoisotopic (exact) mass is 382 g/mol. The van der Waals surface area contributed by atoms with Crippen molar-refractivity contribution in [2.45, 2.75) is 44.2 Å². The molecule has 6 nitrogen and oxygen atoms in total. The minimum atomic E-state index is -4.54. The summed E-state index contributed by atoms with van der Waals surface area (Å²) in [5.74, 6) is 0.0505. The molecular weight excluding hydrogens is 365 g/mol. The second kappa shape index (κ2) is 6.39. The van der Waals surface area contributed by atoms with E-state index in [0.717, 1.165) is 24.7 Å². The van der Waals surface area contributed by atoms with Crippen molar-refractivity contribution in [3.05, 3.63) is 22.5 Å². The van der Waals surface area contributed by atoms with E-state index < -0.39 is 17.2 Å². The van der Waals surface area contributed by atoms with Gasteiger partial charge in [-0.25, -0.2) is 9.97 Å². The Kier molecular flexibility index (Phi) is 4.52. The number of aromatic nitrogens is 3. The lowest BCUT2D eigenvalue weighted by molar-refractivity contribution is -0.137. The molecule has 0 unspecified atom stereocenters. The maximum Gasteiger partial charge on any atom is 0.421 e. The highest BCUT2D eigenvalue weighted by molar-refractivity contribution is 7.16. The average Bonchev–Trinajstić information content (AvgIpc) is 3.34. The molecule has 0 aromatic carbocycles. The average molecular weight is 382 g/mol. The summed E-state index contributed by atoms with van der Waals surface area (Å²) < 4.78 is 38.9. The maximum absolute atomic E-state index is 13.0. The van der Waals surface area contributed by atoms with Gasteiger partial charge in [0, 0.05) is 19.2 Å². The van der Waals surface area contributed by atoms with Gasteiger partial charge >= 0.3 is 6.18 Å². The Balaban J connectivity index is 1.95. The van der Waals surface area contributed by atoms with Crippen LogP contribution in [-0.4, -0.2) is 22.0 Å². The number of hydrogen-bond acceptors (Lipinski definition) is 7. The van der Waals surface area contributed by atoms with Crippen molar-refractivity contribution in [1.82, 2.24) is 15.0 Å². The van der Waals surface area contributed by atoms with Crippen LogP contribution in [0.4, 0.5) is 29.9 Å². The van der Waals surface area contributed by atoms with Crippen LogP contribution in [0.1, 0.15) is 48.9 Å². The lowest BCUT2D eigenvalue weighted by atomic mass is 9.97. The molecule has 2 aromatic rings. The van der Waals surface area contributed by atoms with Gasteiger partial charge in [0.25, 0.3) is 0 Å². The molecule has 0 amide bonds. The molecule has 0 spiro atoms. The smallest absolute Gasteiger partial charge is 0.372 e. The number of rotatable bonds is 5. The second-order valence-corrected chi connectivity index (χ2v) is 7.57. The highest BCUT2D eigenvalue weighted by Crippen LogP contribution is 2.47. The maximum atomic E-state index is 13.0. The van der Waals surface area contributed by atoms with Crippen LogP contribution in [0, 0.1) is 11.3 Å². The lowest BCUT2D eigenvalue weighted by Crippen LogP contribution is -2.13. The first-order chi connectivity index (χ1) is 12.2. The van der Waals surface area contributed by atoms with E-state index in [4.69, 9.17) is 0 Å². The number of thiazole rings is 1. The van der Waals surface area contributed by atoms with E-state index in [1.807, 2.05) is 0 Å². The number of halogens is 3. The summed E-state index contributed by atoms with van der Waals surface area (Å²) in [6.07, 6.45) is -1.79. The van der Waals surface area contributed by atoms with Gasteiger partial charge in [-0.15, -0.1) is 0 Å². The van der Waals surface area contributed by atoms with Gasteiger partial charge in [0.05, 0.1) is 11.8 Å². The van der Waals surface area contributed by atoms with Crippen LogP contribution < -0.4 is 10.6 Å². The van der Waals surface area contributed by atoms with Gasteiger partial charge in [-0.3, -0.25) is 0 Å². The first-order valence-electron chi connectivity index (χ1n) is 7.97. The number of hydrogen-bond donors (Lipinski definition) is 2. The Morgan fingerprint density at radius 2 is 1.96 bits per heavy atom. The summed E-state index contributed by atoms with van der Waals surface area (Å²) in [5, 5.41) is 16.1. The standard InChI is InChI=1S/C16H17F3N6S/c1-15(2,7-20)13-23-10(8-4-5-8)12(26-13)25-14-22-6-9(16(17,18)19)11(21-3)24-14/h6,8H,4-5H2,1-3H3,(H2,21,22,24,25). The first kappa shape index (κ1) is 18.4. The summed E-state index contributed by atoms with van der Waals surface area (Å²) >= 11 is 1.31. The number of anilines is 3. The van der Waals surface area contributed by atoms with Crippen LogP contribution in [0.2, 0.25) is 0 Å². The molecule has 0 bridgehead atoms. The van der Waals surface area contributed by atoms with E-state index in [1.54, 1.807) is 13.8 Å².